The molecule has 3 heteroatoms. The number of benzene rings is 1. The number of rotatable bonds is 6. The number of likely N-dealkylation sites (tertiary alicyclic amines) is 1. The van der Waals surface area contributed by atoms with Crippen molar-refractivity contribution in [3.8, 4) is 11.5 Å². The molecule has 0 N–H and O–H groups in total. The summed E-state index contributed by atoms with van der Waals surface area (Å²) in [5.74, 6) is 1.78. The molecule has 1 aromatic carbocycles. The van der Waals surface area contributed by atoms with E-state index in [0.29, 0.717) is 11.5 Å². The Labute approximate surface area is 141 Å². The molecule has 2 aliphatic rings. The maximum absolute atomic E-state index is 6.03. The molecule has 0 aromatic heterocycles. The fourth-order valence-electron chi connectivity index (χ4n) is 4.59. The Morgan fingerprint density at radius 3 is 2.87 bits per heavy atom. The van der Waals surface area contributed by atoms with Crippen molar-refractivity contribution in [1.82, 2.24) is 4.90 Å². The third-order valence-electron chi connectivity index (χ3n) is 5.92. The van der Waals surface area contributed by atoms with Crippen molar-refractivity contribution < 1.29 is 9.47 Å². The Bertz CT molecular complexity index is 526. The molecule has 0 spiro atoms. The zero-order chi connectivity index (χ0) is 16.3. The van der Waals surface area contributed by atoms with Crippen molar-refractivity contribution >= 4 is 0 Å². The van der Waals surface area contributed by atoms with Crippen LogP contribution in [-0.4, -0.2) is 38.3 Å². The molecule has 1 saturated heterocycles. The Kier molecular flexibility index (Phi) is 5.15. The van der Waals surface area contributed by atoms with Gasteiger partial charge < -0.3 is 14.4 Å². The van der Waals surface area contributed by atoms with Gasteiger partial charge in [-0.3, -0.25) is 0 Å². The summed E-state index contributed by atoms with van der Waals surface area (Å²) in [5.41, 5.74) is 1.78. The first-order valence-corrected chi connectivity index (χ1v) is 9.23. The van der Waals surface area contributed by atoms with E-state index in [-0.39, 0.29) is 0 Å². The summed E-state index contributed by atoms with van der Waals surface area (Å²) in [5, 5.41) is 0. The van der Waals surface area contributed by atoms with Crippen LogP contribution in [-0.2, 0) is 5.41 Å². The second kappa shape index (κ2) is 7.12. The molecule has 0 bridgehead atoms. The van der Waals surface area contributed by atoms with Gasteiger partial charge in [0.05, 0.1) is 13.7 Å². The lowest BCUT2D eigenvalue weighted by atomic mass is 9.66. The minimum absolute atomic E-state index is 0.322. The molecule has 0 unspecified atom stereocenters. The van der Waals surface area contributed by atoms with Gasteiger partial charge in [0, 0.05) is 11.5 Å². The molecule has 23 heavy (non-hydrogen) atoms. The maximum Gasteiger partial charge on any atom is 0.161 e. The molecule has 128 valence electrons. The first-order valence-electron chi connectivity index (χ1n) is 9.23. The van der Waals surface area contributed by atoms with Gasteiger partial charge in [-0.1, -0.05) is 32.3 Å². The van der Waals surface area contributed by atoms with Crippen LogP contribution in [0.1, 0.15) is 57.4 Å². The van der Waals surface area contributed by atoms with Crippen LogP contribution in [0.15, 0.2) is 18.2 Å². The Morgan fingerprint density at radius 2 is 2.09 bits per heavy atom. The normalized spacial score (nSPS) is 27.7. The molecular formula is C20H31NO2. The summed E-state index contributed by atoms with van der Waals surface area (Å²) < 4.78 is 11.5. The lowest BCUT2D eigenvalue weighted by molar-refractivity contribution is 0.181. The van der Waals surface area contributed by atoms with Crippen LogP contribution < -0.4 is 9.47 Å². The molecule has 2 atom stereocenters. The summed E-state index contributed by atoms with van der Waals surface area (Å²) in [4.78, 5) is 2.57. The van der Waals surface area contributed by atoms with Crippen molar-refractivity contribution in [2.75, 3.05) is 27.3 Å². The van der Waals surface area contributed by atoms with Gasteiger partial charge in [-0.05, 0) is 57.0 Å². The SMILES string of the molecule is CCCCOc1cc([C@@]23CCCC[C@@H]2N(C)CC3)ccc1OC. The average Bonchev–Trinajstić information content (AvgIpc) is 2.94. The molecule has 1 aromatic rings. The van der Waals surface area contributed by atoms with E-state index in [9.17, 15) is 0 Å². The van der Waals surface area contributed by atoms with Crippen molar-refractivity contribution in [2.45, 2.75) is 63.3 Å². The summed E-state index contributed by atoms with van der Waals surface area (Å²) >= 11 is 0. The zero-order valence-corrected chi connectivity index (χ0v) is 14.9. The van der Waals surface area contributed by atoms with Gasteiger partial charge in [-0.15, -0.1) is 0 Å². The van der Waals surface area contributed by atoms with Crippen LogP contribution in [0.25, 0.3) is 0 Å². The first kappa shape index (κ1) is 16.6. The van der Waals surface area contributed by atoms with Crippen LogP contribution in [0.2, 0.25) is 0 Å². The average molecular weight is 317 g/mol. The van der Waals surface area contributed by atoms with Gasteiger partial charge in [0.1, 0.15) is 0 Å². The van der Waals surface area contributed by atoms with E-state index in [1.165, 1.54) is 44.2 Å². The molecule has 2 fully saturated rings. The molecule has 1 aliphatic heterocycles. The van der Waals surface area contributed by atoms with Gasteiger partial charge in [0.15, 0.2) is 11.5 Å². The predicted octanol–water partition coefficient (Wildman–Crippen LogP) is 4.39. The number of hydrogen-bond acceptors (Lipinski definition) is 3. The van der Waals surface area contributed by atoms with Crippen LogP contribution in [0.4, 0.5) is 0 Å². The van der Waals surface area contributed by atoms with Crippen LogP contribution in [0.3, 0.4) is 0 Å². The van der Waals surface area contributed by atoms with E-state index in [1.54, 1.807) is 7.11 Å². The molecule has 1 saturated carbocycles. The molecule has 3 nitrogen and oxygen atoms in total. The number of likely N-dealkylation sites (N-methyl/N-ethyl adjacent to an activating group) is 1. The second-order valence-electron chi connectivity index (χ2n) is 7.22. The number of ether oxygens (including phenoxy) is 2. The Balaban J connectivity index is 1.90. The molecule has 0 amide bonds. The van der Waals surface area contributed by atoms with Crippen molar-refractivity contribution in [1.29, 1.82) is 0 Å². The molecule has 1 aliphatic carbocycles. The largest absolute Gasteiger partial charge is 0.493 e. The van der Waals surface area contributed by atoms with E-state index in [0.717, 1.165) is 30.9 Å². The highest BCUT2D eigenvalue weighted by Crippen LogP contribution is 2.49. The van der Waals surface area contributed by atoms with Crippen molar-refractivity contribution in [3.63, 3.8) is 0 Å². The van der Waals surface area contributed by atoms with E-state index in [2.05, 4.69) is 37.1 Å². The lowest BCUT2D eigenvalue weighted by Gasteiger charge is -2.42. The lowest BCUT2D eigenvalue weighted by Crippen LogP contribution is -2.43. The Morgan fingerprint density at radius 1 is 1.22 bits per heavy atom. The fraction of sp³-hybridized carbons (Fsp3) is 0.700. The van der Waals surface area contributed by atoms with Crippen LogP contribution in [0.5, 0.6) is 11.5 Å². The monoisotopic (exact) mass is 317 g/mol. The smallest absolute Gasteiger partial charge is 0.161 e. The quantitative estimate of drug-likeness (QED) is 0.726. The summed E-state index contributed by atoms with van der Waals surface area (Å²) in [7, 11) is 4.02. The number of nitrogens with zero attached hydrogens (tertiary/aromatic N) is 1. The van der Waals surface area contributed by atoms with Gasteiger partial charge in [-0.25, -0.2) is 0 Å². The van der Waals surface area contributed by atoms with E-state index >= 15 is 0 Å². The summed E-state index contributed by atoms with van der Waals surface area (Å²) in [6.45, 7) is 4.17. The maximum atomic E-state index is 6.03. The standard InChI is InChI=1S/C20H31NO2/c1-4-5-14-23-18-15-16(9-10-17(18)22-3)20-11-7-6-8-19(20)21(2)13-12-20/h9-10,15,19H,4-8,11-14H2,1-3H3/t19-,20-/m0/s1. The highest BCUT2D eigenvalue weighted by atomic mass is 16.5. The van der Waals surface area contributed by atoms with E-state index in [4.69, 9.17) is 9.47 Å². The zero-order valence-electron chi connectivity index (χ0n) is 14.9. The topological polar surface area (TPSA) is 21.7 Å². The van der Waals surface area contributed by atoms with Gasteiger partial charge in [0.25, 0.3) is 0 Å². The minimum atomic E-state index is 0.322. The molecule has 3 rings (SSSR count). The Hall–Kier alpha value is -1.22. The molecule has 1 heterocycles. The number of fused-ring (bicyclic) bond motifs is 1. The van der Waals surface area contributed by atoms with Crippen LogP contribution in [0, 0.1) is 0 Å². The first-order chi connectivity index (χ1) is 11.2. The highest BCUT2D eigenvalue weighted by molar-refractivity contribution is 5.46. The third-order valence-corrected chi connectivity index (χ3v) is 5.92. The second-order valence-corrected chi connectivity index (χ2v) is 7.22. The molecular weight excluding hydrogens is 286 g/mol. The van der Waals surface area contributed by atoms with E-state index in [1.807, 2.05) is 0 Å². The van der Waals surface area contributed by atoms with E-state index < -0.39 is 0 Å². The highest BCUT2D eigenvalue weighted by Gasteiger charge is 2.48. The van der Waals surface area contributed by atoms with Crippen LogP contribution >= 0.6 is 0 Å². The van der Waals surface area contributed by atoms with Gasteiger partial charge in [-0.2, -0.15) is 0 Å². The number of hydrogen-bond donors (Lipinski definition) is 0. The predicted molar refractivity (Wildman–Crippen MR) is 94.6 cm³/mol. The summed E-state index contributed by atoms with van der Waals surface area (Å²) in [6, 6.07) is 7.35. The fourth-order valence-corrected chi connectivity index (χ4v) is 4.59. The number of methoxy groups -OCH3 is 1. The van der Waals surface area contributed by atoms with Crippen molar-refractivity contribution in [3.05, 3.63) is 23.8 Å². The van der Waals surface area contributed by atoms with Crippen molar-refractivity contribution in [2.24, 2.45) is 0 Å². The minimum Gasteiger partial charge on any atom is -0.493 e. The number of unbranched alkanes of at least 4 members (excludes halogenated alkanes) is 1. The third kappa shape index (κ3) is 3.08. The van der Waals surface area contributed by atoms with Gasteiger partial charge in [0.2, 0.25) is 0 Å². The van der Waals surface area contributed by atoms with Gasteiger partial charge >= 0.3 is 0 Å². The summed E-state index contributed by atoms with van der Waals surface area (Å²) in [6.07, 6.45) is 8.87. The molecule has 0 radical (unpaired) electrons.